The molecule has 0 bridgehead atoms. The molecule has 3 N–H and O–H groups in total. The van der Waals surface area contributed by atoms with Gasteiger partial charge in [0.2, 0.25) is 0 Å². The van der Waals surface area contributed by atoms with Gasteiger partial charge in [0, 0.05) is 24.2 Å². The van der Waals surface area contributed by atoms with E-state index in [9.17, 15) is 9.90 Å². The van der Waals surface area contributed by atoms with Crippen LogP contribution in [0.4, 0.5) is 5.82 Å². The van der Waals surface area contributed by atoms with Crippen LogP contribution in [0.5, 0.6) is 11.5 Å². The molecule has 0 aliphatic heterocycles. The average Bonchev–Trinajstić information content (AvgIpc) is 2.81. The van der Waals surface area contributed by atoms with Crippen molar-refractivity contribution in [1.82, 2.24) is 9.55 Å². The first-order chi connectivity index (χ1) is 15.6. The molecule has 0 fully saturated rings. The highest BCUT2D eigenvalue weighted by Gasteiger charge is 2.21. The minimum absolute atomic E-state index is 0.122. The number of aromatic nitrogens is 2. The lowest BCUT2D eigenvalue weighted by Crippen LogP contribution is -2.23. The molecule has 0 amide bonds. The number of hydrogen-bond donors (Lipinski definition) is 2. The van der Waals surface area contributed by atoms with Gasteiger partial charge < -0.3 is 15.6 Å². The van der Waals surface area contributed by atoms with Crippen LogP contribution >= 0.6 is 0 Å². The summed E-state index contributed by atoms with van der Waals surface area (Å²) in [7, 11) is 0. The molecular weight excluding hydrogens is 402 g/mol. The fraction of sp³-hybridized carbons (Fsp3) is 0.154. The number of nitrogens with zero attached hydrogens (tertiary/aromatic N) is 2. The molecule has 0 saturated heterocycles. The molecule has 0 atom stereocenters. The van der Waals surface area contributed by atoms with E-state index >= 15 is 0 Å². The number of phenolic OH excluding ortho intramolecular Hbond substituents is 1. The Hall–Kier alpha value is -4.06. The van der Waals surface area contributed by atoms with Crippen LogP contribution in [0, 0.1) is 0 Å². The molecule has 0 aliphatic carbocycles. The fourth-order valence-corrected chi connectivity index (χ4v) is 3.76. The van der Waals surface area contributed by atoms with Crippen LogP contribution in [-0.2, 0) is 6.54 Å². The second kappa shape index (κ2) is 9.83. The number of anilines is 1. The lowest BCUT2D eigenvalue weighted by Gasteiger charge is -2.21. The average molecular weight is 428 g/mol. The lowest BCUT2D eigenvalue weighted by atomic mass is 9.84. The monoisotopic (exact) mass is 427 g/mol. The summed E-state index contributed by atoms with van der Waals surface area (Å²) in [6, 6.07) is 27.3. The van der Waals surface area contributed by atoms with E-state index in [0.29, 0.717) is 25.3 Å². The van der Waals surface area contributed by atoms with Crippen molar-refractivity contribution in [2.24, 2.45) is 0 Å². The first-order valence-corrected chi connectivity index (χ1v) is 10.5. The molecule has 162 valence electrons. The summed E-state index contributed by atoms with van der Waals surface area (Å²) in [6.45, 7) is 0.790. The van der Waals surface area contributed by atoms with Crippen LogP contribution in [0.2, 0.25) is 0 Å². The second-order valence-electron chi connectivity index (χ2n) is 7.48. The van der Waals surface area contributed by atoms with Crippen molar-refractivity contribution < 1.29 is 9.84 Å². The zero-order chi connectivity index (χ0) is 22.3. The van der Waals surface area contributed by atoms with Gasteiger partial charge in [-0.05, 0) is 29.7 Å². The van der Waals surface area contributed by atoms with Gasteiger partial charge in [-0.1, -0.05) is 72.8 Å². The molecule has 3 aromatic carbocycles. The first-order valence-electron chi connectivity index (χ1n) is 10.5. The van der Waals surface area contributed by atoms with Crippen LogP contribution in [0.1, 0.15) is 29.0 Å². The Morgan fingerprint density at radius 2 is 1.56 bits per heavy atom. The molecule has 32 heavy (non-hydrogen) atoms. The van der Waals surface area contributed by atoms with Crippen molar-refractivity contribution in [2.75, 3.05) is 12.3 Å². The zero-order valence-corrected chi connectivity index (χ0v) is 17.6. The lowest BCUT2D eigenvalue weighted by molar-refractivity contribution is 0.284. The number of benzene rings is 3. The molecule has 6 heteroatoms. The number of ether oxygens (including phenoxy) is 1. The minimum Gasteiger partial charge on any atom is -0.504 e. The molecule has 1 heterocycles. The van der Waals surface area contributed by atoms with Crippen LogP contribution in [0.3, 0.4) is 0 Å². The molecule has 4 rings (SSSR count). The number of hydrogen-bond acceptors (Lipinski definition) is 5. The molecule has 4 aromatic rings. The molecule has 0 spiro atoms. The fourth-order valence-electron chi connectivity index (χ4n) is 3.76. The molecular formula is C26H25N3O3. The maximum Gasteiger partial charge on any atom is 0.349 e. The smallest absolute Gasteiger partial charge is 0.349 e. The maximum absolute atomic E-state index is 11.8. The molecule has 0 aliphatic rings. The molecule has 0 radical (unpaired) electrons. The van der Waals surface area contributed by atoms with Crippen LogP contribution in [0.15, 0.2) is 95.9 Å². The van der Waals surface area contributed by atoms with E-state index in [1.54, 1.807) is 18.3 Å². The van der Waals surface area contributed by atoms with E-state index in [2.05, 4.69) is 29.2 Å². The van der Waals surface area contributed by atoms with Crippen molar-refractivity contribution in [1.29, 1.82) is 0 Å². The summed E-state index contributed by atoms with van der Waals surface area (Å²) >= 11 is 0. The number of phenols is 1. The topological polar surface area (TPSA) is 90.4 Å². The number of para-hydroxylation sites is 1. The van der Waals surface area contributed by atoms with Gasteiger partial charge in [-0.2, -0.15) is 4.98 Å². The van der Waals surface area contributed by atoms with Crippen molar-refractivity contribution >= 4 is 5.82 Å². The Kier molecular flexibility index (Phi) is 6.51. The molecule has 6 nitrogen and oxygen atoms in total. The van der Waals surface area contributed by atoms with E-state index < -0.39 is 0 Å². The van der Waals surface area contributed by atoms with Crippen LogP contribution < -0.4 is 16.2 Å². The number of nitrogen functional groups attached to an aromatic ring is 1. The Labute approximate surface area is 186 Å². The number of rotatable bonds is 8. The van der Waals surface area contributed by atoms with Crippen LogP contribution in [-0.4, -0.2) is 21.3 Å². The van der Waals surface area contributed by atoms with Gasteiger partial charge in [0.1, 0.15) is 5.82 Å². The van der Waals surface area contributed by atoms with Crippen LogP contribution in [0.25, 0.3) is 0 Å². The summed E-state index contributed by atoms with van der Waals surface area (Å²) in [5, 5.41) is 11.1. The van der Waals surface area contributed by atoms with Crippen molar-refractivity contribution in [3.8, 4) is 11.5 Å². The van der Waals surface area contributed by atoms with Gasteiger partial charge in [-0.25, -0.2) is 4.79 Å². The van der Waals surface area contributed by atoms with Gasteiger partial charge in [-0.15, -0.1) is 0 Å². The first kappa shape index (κ1) is 21.2. The summed E-state index contributed by atoms with van der Waals surface area (Å²) < 4.78 is 7.36. The second-order valence-corrected chi connectivity index (χ2v) is 7.48. The Bertz CT molecular complexity index is 1180. The SMILES string of the molecule is Nc1ccn(CCCOc2cccc(C(c3ccccc3)c3ccccc3)c2O)c(=O)n1. The normalized spacial score (nSPS) is 10.9. The van der Waals surface area contributed by atoms with Gasteiger partial charge >= 0.3 is 5.69 Å². The van der Waals surface area contributed by atoms with E-state index in [-0.39, 0.29) is 23.2 Å². The molecule has 1 aromatic heterocycles. The summed E-state index contributed by atoms with van der Waals surface area (Å²) in [4.78, 5) is 15.6. The Morgan fingerprint density at radius 3 is 2.19 bits per heavy atom. The third-order valence-corrected chi connectivity index (χ3v) is 5.30. The van der Waals surface area contributed by atoms with E-state index in [1.807, 2.05) is 48.5 Å². The van der Waals surface area contributed by atoms with Gasteiger partial charge in [0.25, 0.3) is 0 Å². The highest BCUT2D eigenvalue weighted by Crippen LogP contribution is 2.41. The zero-order valence-electron chi connectivity index (χ0n) is 17.6. The minimum atomic E-state index is -0.386. The quantitative estimate of drug-likeness (QED) is 0.325. The predicted molar refractivity (Wildman–Crippen MR) is 125 cm³/mol. The summed E-state index contributed by atoms with van der Waals surface area (Å²) in [6.07, 6.45) is 2.20. The molecule has 0 saturated carbocycles. The van der Waals surface area contributed by atoms with Gasteiger partial charge in [-0.3, -0.25) is 4.57 Å². The van der Waals surface area contributed by atoms with E-state index in [4.69, 9.17) is 10.5 Å². The highest BCUT2D eigenvalue weighted by atomic mass is 16.5. The largest absolute Gasteiger partial charge is 0.504 e. The van der Waals surface area contributed by atoms with E-state index in [1.165, 1.54) is 4.57 Å². The Balaban J connectivity index is 1.53. The maximum atomic E-state index is 11.8. The van der Waals surface area contributed by atoms with E-state index in [0.717, 1.165) is 16.7 Å². The van der Waals surface area contributed by atoms with Gasteiger partial charge in [0.05, 0.1) is 6.61 Å². The van der Waals surface area contributed by atoms with Gasteiger partial charge in [0.15, 0.2) is 11.5 Å². The summed E-state index contributed by atoms with van der Waals surface area (Å²) in [5.74, 6) is 0.620. The van der Waals surface area contributed by atoms with Crippen molar-refractivity contribution in [3.05, 3.63) is 118 Å². The molecule has 0 unspecified atom stereocenters. The third-order valence-electron chi connectivity index (χ3n) is 5.30. The standard InChI is InChI=1S/C26H25N3O3/c27-23-15-17-29(26(31)28-23)16-8-18-32-22-14-7-13-21(25(22)30)24(19-9-3-1-4-10-19)20-11-5-2-6-12-20/h1-7,9-15,17,24,30H,8,16,18H2,(H2,27,28,31). The summed E-state index contributed by atoms with van der Waals surface area (Å²) in [5.41, 5.74) is 8.08. The van der Waals surface area contributed by atoms with Crippen molar-refractivity contribution in [3.63, 3.8) is 0 Å². The predicted octanol–water partition coefficient (Wildman–Crippen LogP) is 4.18. The Morgan fingerprint density at radius 1 is 0.906 bits per heavy atom. The number of aryl methyl sites for hydroxylation is 1. The third kappa shape index (κ3) is 4.81. The number of nitrogens with two attached hydrogens (primary N) is 1. The highest BCUT2D eigenvalue weighted by molar-refractivity contribution is 5.54. The van der Waals surface area contributed by atoms with Crippen molar-refractivity contribution in [2.45, 2.75) is 18.9 Å². The number of aromatic hydroxyl groups is 1.